The Morgan fingerprint density at radius 1 is 1.00 bits per heavy atom. The second kappa shape index (κ2) is 5.75. The average Bonchev–Trinajstić information content (AvgIpc) is 2.87. The van der Waals surface area contributed by atoms with Crippen molar-refractivity contribution in [2.45, 2.75) is 0 Å². The van der Waals surface area contributed by atoms with Gasteiger partial charge in [-0.15, -0.1) is 0 Å². The van der Waals surface area contributed by atoms with Crippen LogP contribution in [0, 0.1) is 0 Å². The smallest absolute Gasteiger partial charge is 0.294 e. The molecule has 0 unspecified atom stereocenters. The highest BCUT2D eigenvalue weighted by molar-refractivity contribution is 6.30. The molecular formula is C18H14BrClN2. The molecule has 4 rings (SSSR count). The maximum Gasteiger partial charge on any atom is 0.294 e. The summed E-state index contributed by atoms with van der Waals surface area (Å²) in [5, 5.41) is 3.24. The lowest BCUT2D eigenvalue weighted by Gasteiger charge is -2.07. The summed E-state index contributed by atoms with van der Waals surface area (Å²) in [6.07, 6.45) is 6.33. The summed E-state index contributed by atoms with van der Waals surface area (Å²) in [5.74, 6) is 0. The van der Waals surface area contributed by atoms with E-state index in [2.05, 4.69) is 71.0 Å². The van der Waals surface area contributed by atoms with Crippen LogP contribution in [0.5, 0.6) is 0 Å². The van der Waals surface area contributed by atoms with E-state index in [0.717, 1.165) is 5.02 Å². The van der Waals surface area contributed by atoms with Gasteiger partial charge < -0.3 is 17.0 Å². The van der Waals surface area contributed by atoms with E-state index in [4.69, 9.17) is 11.6 Å². The van der Waals surface area contributed by atoms with Crippen LogP contribution in [0.4, 0.5) is 0 Å². The van der Waals surface area contributed by atoms with Gasteiger partial charge in [0.25, 0.3) is 5.65 Å². The van der Waals surface area contributed by atoms with Crippen LogP contribution in [0.1, 0.15) is 0 Å². The number of aromatic nitrogens is 2. The minimum Gasteiger partial charge on any atom is -1.00 e. The van der Waals surface area contributed by atoms with Crippen molar-refractivity contribution in [1.82, 2.24) is 4.40 Å². The lowest BCUT2D eigenvalue weighted by atomic mass is 10.00. The average molecular weight is 374 g/mol. The molecule has 0 spiro atoms. The fourth-order valence-corrected chi connectivity index (χ4v) is 3.04. The molecule has 0 aliphatic carbocycles. The first-order chi connectivity index (χ1) is 10.2. The highest BCUT2D eigenvalue weighted by Gasteiger charge is 2.18. The standard InChI is InChI=1S/C18H14ClN2.BrH/c1-20-10-11-21-12-14-4-2-3-5-16(14)17(18(20)21)13-6-8-15(19)9-7-13;/h2-12H,1H3;1H/q+1;/p-1. The third-order valence-corrected chi connectivity index (χ3v) is 4.15. The Kier molecular flexibility index (Phi) is 3.94. The van der Waals surface area contributed by atoms with Gasteiger partial charge in [0.15, 0.2) is 0 Å². The largest absolute Gasteiger partial charge is 1.00 e. The summed E-state index contributed by atoms with van der Waals surface area (Å²) < 4.78 is 4.32. The number of nitrogens with zero attached hydrogens (tertiary/aromatic N) is 2. The molecule has 2 aromatic heterocycles. The first-order valence-corrected chi connectivity index (χ1v) is 7.26. The Bertz CT molecular complexity index is 958. The second-order valence-corrected chi connectivity index (χ2v) is 5.67. The molecular weight excluding hydrogens is 360 g/mol. The molecule has 0 amide bonds. The van der Waals surface area contributed by atoms with Crippen molar-refractivity contribution < 1.29 is 21.5 Å². The van der Waals surface area contributed by atoms with Crippen molar-refractivity contribution in [2.75, 3.05) is 0 Å². The first-order valence-electron chi connectivity index (χ1n) is 6.88. The maximum atomic E-state index is 6.04. The van der Waals surface area contributed by atoms with E-state index in [0.29, 0.717) is 0 Å². The van der Waals surface area contributed by atoms with Gasteiger partial charge in [-0.05, 0) is 17.7 Å². The minimum atomic E-state index is 0. The lowest BCUT2D eigenvalue weighted by molar-refractivity contribution is -0.644. The van der Waals surface area contributed by atoms with Gasteiger partial charge in [0, 0.05) is 15.8 Å². The molecule has 4 aromatic rings. The summed E-state index contributed by atoms with van der Waals surface area (Å²) in [6.45, 7) is 0. The number of rotatable bonds is 1. The molecule has 110 valence electrons. The number of halogens is 2. The molecule has 0 N–H and O–H groups in total. The number of aryl methyl sites for hydroxylation is 1. The fraction of sp³-hybridized carbons (Fsp3) is 0.0556. The van der Waals surface area contributed by atoms with Gasteiger partial charge in [-0.1, -0.05) is 48.0 Å². The zero-order valence-electron chi connectivity index (χ0n) is 12.0. The van der Waals surface area contributed by atoms with E-state index in [-0.39, 0.29) is 17.0 Å². The van der Waals surface area contributed by atoms with E-state index < -0.39 is 0 Å². The molecule has 0 saturated heterocycles. The third kappa shape index (κ3) is 2.31. The van der Waals surface area contributed by atoms with Crippen LogP contribution in [-0.4, -0.2) is 4.40 Å². The third-order valence-electron chi connectivity index (χ3n) is 3.89. The van der Waals surface area contributed by atoms with Crippen LogP contribution in [0.3, 0.4) is 0 Å². The minimum absolute atomic E-state index is 0. The number of hydrogen-bond donors (Lipinski definition) is 0. The first kappa shape index (κ1) is 15.1. The summed E-state index contributed by atoms with van der Waals surface area (Å²) in [5.41, 5.74) is 3.59. The molecule has 2 aromatic carbocycles. The predicted octanol–water partition coefficient (Wildman–Crippen LogP) is 1.24. The molecule has 0 aliphatic rings. The monoisotopic (exact) mass is 372 g/mol. The summed E-state index contributed by atoms with van der Waals surface area (Å²) in [7, 11) is 2.07. The Labute approximate surface area is 144 Å². The molecule has 2 heterocycles. The number of hydrogen-bond acceptors (Lipinski definition) is 0. The zero-order valence-corrected chi connectivity index (χ0v) is 14.3. The van der Waals surface area contributed by atoms with Crippen molar-refractivity contribution in [1.29, 1.82) is 0 Å². The van der Waals surface area contributed by atoms with Crippen molar-refractivity contribution in [3.8, 4) is 11.1 Å². The number of fused-ring (bicyclic) bond motifs is 2. The SMILES string of the molecule is C[n+]1ccn2cc3ccccc3c(-c3ccc(Cl)cc3)c21.[Br-]. The second-order valence-electron chi connectivity index (χ2n) is 5.24. The van der Waals surface area contributed by atoms with E-state index in [1.807, 2.05) is 12.1 Å². The van der Waals surface area contributed by atoms with Crippen LogP contribution in [0.15, 0.2) is 67.1 Å². The van der Waals surface area contributed by atoms with Gasteiger partial charge in [0.05, 0.1) is 12.6 Å². The number of benzene rings is 2. The fourth-order valence-electron chi connectivity index (χ4n) is 2.91. The van der Waals surface area contributed by atoms with Crippen molar-refractivity contribution >= 4 is 28.0 Å². The van der Waals surface area contributed by atoms with Gasteiger partial charge in [-0.25, -0.2) is 8.97 Å². The number of imidazole rings is 1. The Morgan fingerprint density at radius 3 is 2.50 bits per heavy atom. The van der Waals surface area contributed by atoms with Crippen molar-refractivity contribution in [3.63, 3.8) is 0 Å². The molecule has 22 heavy (non-hydrogen) atoms. The maximum absolute atomic E-state index is 6.04. The normalized spacial score (nSPS) is 10.8. The van der Waals surface area contributed by atoms with Crippen LogP contribution >= 0.6 is 11.6 Å². The zero-order chi connectivity index (χ0) is 14.4. The molecule has 0 saturated carbocycles. The van der Waals surface area contributed by atoms with Gasteiger partial charge in [0.2, 0.25) is 0 Å². The predicted molar refractivity (Wildman–Crippen MR) is 86.5 cm³/mol. The van der Waals surface area contributed by atoms with Gasteiger partial charge in [-0.2, -0.15) is 0 Å². The van der Waals surface area contributed by atoms with Crippen molar-refractivity contribution in [2.24, 2.45) is 7.05 Å². The van der Waals surface area contributed by atoms with Crippen LogP contribution in [0.2, 0.25) is 5.02 Å². The van der Waals surface area contributed by atoms with E-state index in [9.17, 15) is 0 Å². The Hall–Kier alpha value is -1.84. The molecule has 2 nitrogen and oxygen atoms in total. The van der Waals surface area contributed by atoms with Crippen LogP contribution < -0.4 is 21.5 Å². The highest BCUT2D eigenvalue weighted by Crippen LogP contribution is 2.32. The van der Waals surface area contributed by atoms with Gasteiger partial charge >= 0.3 is 0 Å². The van der Waals surface area contributed by atoms with E-state index in [1.54, 1.807) is 0 Å². The Balaban J connectivity index is 0.00000144. The molecule has 0 atom stereocenters. The van der Waals surface area contributed by atoms with Crippen LogP contribution in [-0.2, 0) is 7.05 Å². The highest BCUT2D eigenvalue weighted by atomic mass is 79.9. The number of pyridine rings is 1. The topological polar surface area (TPSA) is 8.29 Å². The van der Waals surface area contributed by atoms with Gasteiger partial charge in [-0.3, -0.25) is 0 Å². The van der Waals surface area contributed by atoms with E-state index in [1.165, 1.54) is 27.5 Å². The Morgan fingerprint density at radius 2 is 1.73 bits per heavy atom. The van der Waals surface area contributed by atoms with E-state index >= 15 is 0 Å². The molecule has 0 bridgehead atoms. The van der Waals surface area contributed by atoms with Gasteiger partial charge in [0.1, 0.15) is 18.6 Å². The summed E-state index contributed by atoms with van der Waals surface area (Å²) in [4.78, 5) is 0. The van der Waals surface area contributed by atoms with Crippen molar-refractivity contribution in [3.05, 3.63) is 72.1 Å². The molecule has 4 heteroatoms. The lowest BCUT2D eigenvalue weighted by Crippen LogP contribution is -3.00. The molecule has 0 radical (unpaired) electrons. The molecule has 0 fully saturated rings. The quantitative estimate of drug-likeness (QED) is 0.444. The molecule has 0 aliphatic heterocycles. The van der Waals surface area contributed by atoms with Crippen LogP contribution in [0.25, 0.3) is 27.5 Å². The summed E-state index contributed by atoms with van der Waals surface area (Å²) >= 11 is 6.04. The summed E-state index contributed by atoms with van der Waals surface area (Å²) in [6, 6.07) is 16.5.